The zero-order chi connectivity index (χ0) is 14.7. The summed E-state index contributed by atoms with van der Waals surface area (Å²) in [5.74, 6) is -0.528. The Bertz CT molecular complexity index is 578. The van der Waals surface area contributed by atoms with Gasteiger partial charge in [0.25, 0.3) is 11.8 Å². The first kappa shape index (κ1) is 14.0. The molecule has 1 heterocycles. The van der Waals surface area contributed by atoms with Gasteiger partial charge in [0, 0.05) is 0 Å². The molecule has 2 rings (SSSR count). The number of carbonyl (C=O) groups is 2. The van der Waals surface area contributed by atoms with Crippen molar-refractivity contribution >= 4 is 18.0 Å². The zero-order valence-electron chi connectivity index (χ0n) is 11.8. The zero-order valence-corrected chi connectivity index (χ0v) is 11.8. The first-order valence-corrected chi connectivity index (χ1v) is 6.23. The van der Waals surface area contributed by atoms with Gasteiger partial charge in [0.1, 0.15) is 14.1 Å². The van der Waals surface area contributed by atoms with Crippen molar-refractivity contribution in [1.29, 1.82) is 0 Å². The van der Waals surface area contributed by atoms with E-state index in [-0.39, 0.29) is 18.4 Å². The van der Waals surface area contributed by atoms with E-state index in [1.807, 2.05) is 24.9 Å². The molecule has 0 atom stereocenters. The number of carbonyl (C=O) groups excluding carboxylic acids is 2. The molecule has 0 saturated heterocycles. The molecule has 20 heavy (non-hydrogen) atoms. The van der Waals surface area contributed by atoms with Gasteiger partial charge in [-0.05, 0) is 12.1 Å². The molecule has 0 saturated carbocycles. The van der Waals surface area contributed by atoms with Crippen molar-refractivity contribution in [1.82, 2.24) is 4.90 Å². The Hall–Kier alpha value is -2.43. The van der Waals surface area contributed by atoms with Crippen LogP contribution in [0.2, 0.25) is 0 Å². The van der Waals surface area contributed by atoms with Gasteiger partial charge >= 0.3 is 0 Å². The predicted octanol–water partition coefficient (Wildman–Crippen LogP) is 1.16. The summed E-state index contributed by atoms with van der Waals surface area (Å²) in [6, 6.07) is 6.85. The topological polar surface area (TPSA) is 49.6 Å². The molecule has 0 fully saturated rings. The number of hydrogen-bond donors (Lipinski definition) is 0. The molecular formula is C15H17N2O3+. The fourth-order valence-electron chi connectivity index (χ4n) is 2.16. The van der Waals surface area contributed by atoms with Crippen LogP contribution in [0.4, 0.5) is 0 Å². The highest BCUT2D eigenvalue weighted by atomic mass is 16.5. The Labute approximate surface area is 117 Å². The number of imide groups is 1. The molecular weight excluding hydrogens is 256 g/mol. The maximum Gasteiger partial charge on any atom is 0.261 e. The molecule has 0 spiro atoms. The van der Waals surface area contributed by atoms with Crippen LogP contribution in [0.25, 0.3) is 0 Å². The molecule has 104 valence electrons. The average molecular weight is 273 g/mol. The first-order chi connectivity index (χ1) is 9.54. The second-order valence-electron chi connectivity index (χ2n) is 4.76. The van der Waals surface area contributed by atoms with Crippen LogP contribution in [0.3, 0.4) is 0 Å². The Morgan fingerprint density at radius 1 is 1.20 bits per heavy atom. The second-order valence-corrected chi connectivity index (χ2v) is 4.76. The van der Waals surface area contributed by atoms with Crippen LogP contribution in [0, 0.1) is 0 Å². The van der Waals surface area contributed by atoms with Crippen molar-refractivity contribution in [2.24, 2.45) is 0 Å². The van der Waals surface area contributed by atoms with Crippen molar-refractivity contribution in [3.63, 3.8) is 0 Å². The number of nitrogens with zero attached hydrogens (tertiary/aromatic N) is 2. The molecule has 0 unspecified atom stereocenters. The molecule has 1 aliphatic rings. The van der Waals surface area contributed by atoms with Crippen LogP contribution in [0.15, 0.2) is 36.1 Å². The molecule has 0 aliphatic carbocycles. The predicted molar refractivity (Wildman–Crippen MR) is 75.1 cm³/mol. The lowest BCUT2D eigenvalue weighted by Gasteiger charge is -2.13. The van der Waals surface area contributed by atoms with Gasteiger partial charge in [-0.3, -0.25) is 14.5 Å². The fraction of sp³-hybridized carbons (Fsp3) is 0.267. The van der Waals surface area contributed by atoms with Gasteiger partial charge in [0.05, 0.1) is 36.6 Å². The molecule has 0 aromatic heterocycles. The largest absolute Gasteiger partial charge is 0.504 e. The Morgan fingerprint density at radius 3 is 2.20 bits per heavy atom. The summed E-state index contributed by atoms with van der Waals surface area (Å²) in [4.78, 5) is 25.7. The highest BCUT2D eigenvalue weighted by Gasteiger charge is 2.35. The molecule has 0 radical (unpaired) electrons. The number of methoxy groups -OCH3 is 1. The smallest absolute Gasteiger partial charge is 0.261 e. The Kier molecular flexibility index (Phi) is 3.98. The lowest BCUT2D eigenvalue weighted by atomic mass is 10.1. The van der Waals surface area contributed by atoms with Crippen molar-refractivity contribution < 1.29 is 18.9 Å². The number of rotatable bonds is 4. The molecule has 1 aromatic rings. The van der Waals surface area contributed by atoms with Gasteiger partial charge < -0.3 is 4.74 Å². The Balaban J connectivity index is 2.28. The van der Waals surface area contributed by atoms with Gasteiger partial charge in [0.2, 0.25) is 0 Å². The van der Waals surface area contributed by atoms with Gasteiger partial charge in [-0.25, -0.2) is 4.58 Å². The summed E-state index contributed by atoms with van der Waals surface area (Å²) in [5, 5.41) is 0. The number of fused-ring (bicyclic) bond motifs is 1. The van der Waals surface area contributed by atoms with E-state index >= 15 is 0 Å². The minimum Gasteiger partial charge on any atom is -0.504 e. The van der Waals surface area contributed by atoms with Crippen LogP contribution in [0.5, 0.6) is 0 Å². The minimum atomic E-state index is -0.264. The van der Waals surface area contributed by atoms with E-state index in [9.17, 15) is 9.59 Å². The maximum atomic E-state index is 12.2. The normalized spacial score (nSPS) is 14.3. The van der Waals surface area contributed by atoms with Crippen molar-refractivity contribution in [2.45, 2.75) is 0 Å². The van der Waals surface area contributed by atoms with E-state index in [0.29, 0.717) is 11.1 Å². The van der Waals surface area contributed by atoms with Crippen molar-refractivity contribution in [3.8, 4) is 0 Å². The summed E-state index contributed by atoms with van der Waals surface area (Å²) >= 11 is 0. The number of ether oxygens (including phenoxy) is 1. The summed E-state index contributed by atoms with van der Waals surface area (Å²) in [7, 11) is 5.27. The third-order valence-corrected chi connectivity index (χ3v) is 2.91. The first-order valence-electron chi connectivity index (χ1n) is 6.23. The van der Waals surface area contributed by atoms with E-state index in [2.05, 4.69) is 0 Å². The van der Waals surface area contributed by atoms with Crippen LogP contribution >= 0.6 is 0 Å². The van der Waals surface area contributed by atoms with E-state index in [0.717, 1.165) is 5.57 Å². The number of hydrogen-bond acceptors (Lipinski definition) is 3. The van der Waals surface area contributed by atoms with E-state index in [4.69, 9.17) is 4.74 Å². The minimum absolute atomic E-state index is 0.193. The maximum absolute atomic E-state index is 12.2. The number of amides is 2. The summed E-state index contributed by atoms with van der Waals surface area (Å²) in [5.41, 5.74) is 1.66. The number of benzene rings is 1. The lowest BCUT2D eigenvalue weighted by molar-refractivity contribution is -0.459. The SMILES string of the molecule is COC=C(C=[N+](C)C)CN1C(=O)c2ccccc2C1=O. The van der Waals surface area contributed by atoms with Gasteiger partial charge in [-0.2, -0.15) is 0 Å². The van der Waals surface area contributed by atoms with E-state index in [1.54, 1.807) is 24.3 Å². The molecule has 5 nitrogen and oxygen atoms in total. The highest BCUT2D eigenvalue weighted by Crippen LogP contribution is 2.22. The molecule has 5 heteroatoms. The molecule has 2 amide bonds. The molecule has 0 N–H and O–H groups in total. The van der Waals surface area contributed by atoms with Crippen molar-refractivity contribution in [3.05, 3.63) is 47.2 Å². The van der Waals surface area contributed by atoms with Gasteiger partial charge in [0.15, 0.2) is 6.21 Å². The second kappa shape index (κ2) is 5.69. The van der Waals surface area contributed by atoms with Crippen LogP contribution in [0.1, 0.15) is 20.7 Å². The standard InChI is InChI=1S/C15H17N2O3/c1-16(2)8-11(10-20-3)9-17-14(18)12-6-4-5-7-13(12)15(17)19/h4-8,10H,9H2,1-3H3/q+1. The quantitative estimate of drug-likeness (QED) is 0.358. The van der Waals surface area contributed by atoms with Crippen LogP contribution in [-0.4, -0.2) is 55.3 Å². The molecule has 0 bridgehead atoms. The van der Waals surface area contributed by atoms with Gasteiger partial charge in [-0.1, -0.05) is 12.1 Å². The fourth-order valence-corrected chi connectivity index (χ4v) is 2.16. The highest BCUT2D eigenvalue weighted by molar-refractivity contribution is 6.21. The van der Waals surface area contributed by atoms with Crippen molar-refractivity contribution in [2.75, 3.05) is 27.7 Å². The van der Waals surface area contributed by atoms with Gasteiger partial charge in [-0.15, -0.1) is 0 Å². The molecule has 1 aliphatic heterocycles. The van der Waals surface area contributed by atoms with E-state index < -0.39 is 0 Å². The summed E-state index contributed by atoms with van der Waals surface area (Å²) in [6.07, 6.45) is 3.34. The summed E-state index contributed by atoms with van der Waals surface area (Å²) < 4.78 is 6.83. The van der Waals surface area contributed by atoms with Crippen LogP contribution < -0.4 is 0 Å². The average Bonchev–Trinajstić information content (AvgIpc) is 2.64. The Morgan fingerprint density at radius 2 is 1.75 bits per heavy atom. The summed E-state index contributed by atoms with van der Waals surface area (Å²) in [6.45, 7) is 0.193. The van der Waals surface area contributed by atoms with E-state index in [1.165, 1.54) is 18.3 Å². The lowest BCUT2D eigenvalue weighted by Crippen LogP contribution is -2.32. The third-order valence-electron chi connectivity index (χ3n) is 2.91. The third kappa shape index (κ3) is 2.61. The monoisotopic (exact) mass is 273 g/mol. The molecule has 1 aromatic carbocycles. The van der Waals surface area contributed by atoms with Crippen LogP contribution in [-0.2, 0) is 4.74 Å².